The summed E-state index contributed by atoms with van der Waals surface area (Å²) in [6.07, 6.45) is 0.632. The number of hydrazone groups is 1. The molecule has 0 unspecified atom stereocenters. The van der Waals surface area contributed by atoms with Gasteiger partial charge in [0.15, 0.2) is 0 Å². The van der Waals surface area contributed by atoms with E-state index in [0.717, 1.165) is 10.0 Å². The lowest BCUT2D eigenvalue weighted by Crippen LogP contribution is -2.20. The lowest BCUT2D eigenvalue weighted by Gasteiger charge is -2.07. The first-order valence-electron chi connectivity index (χ1n) is 6.42. The third kappa shape index (κ3) is 4.15. The van der Waals surface area contributed by atoms with E-state index in [2.05, 4.69) is 25.9 Å². The molecule has 6 heteroatoms. The first kappa shape index (κ1) is 15.7. The van der Waals surface area contributed by atoms with Crippen molar-refractivity contribution in [2.75, 3.05) is 0 Å². The Morgan fingerprint density at radius 2 is 1.71 bits per heavy atom. The van der Waals surface area contributed by atoms with E-state index in [9.17, 15) is 8.42 Å². The van der Waals surface area contributed by atoms with Gasteiger partial charge in [0.2, 0.25) is 0 Å². The highest BCUT2D eigenvalue weighted by molar-refractivity contribution is 9.10. The van der Waals surface area contributed by atoms with Gasteiger partial charge in [-0.1, -0.05) is 53.2 Å². The molecular formula is C15H15BrN2O2S. The van der Waals surface area contributed by atoms with Gasteiger partial charge in [0, 0.05) is 4.47 Å². The Morgan fingerprint density at radius 1 is 1.10 bits per heavy atom. The molecule has 0 aromatic heterocycles. The molecule has 0 spiro atoms. The predicted molar refractivity (Wildman–Crippen MR) is 87.7 cm³/mol. The molecule has 0 aliphatic rings. The number of hydrogen-bond acceptors (Lipinski definition) is 3. The van der Waals surface area contributed by atoms with Crippen molar-refractivity contribution in [3.63, 3.8) is 0 Å². The first-order chi connectivity index (χ1) is 10.0. The van der Waals surface area contributed by atoms with Crippen molar-refractivity contribution < 1.29 is 8.42 Å². The Balaban J connectivity index is 2.24. The predicted octanol–water partition coefficient (Wildman–Crippen LogP) is 3.54. The smallest absolute Gasteiger partial charge is 0.200 e. The van der Waals surface area contributed by atoms with Crippen molar-refractivity contribution in [2.24, 2.45) is 5.10 Å². The summed E-state index contributed by atoms with van der Waals surface area (Å²) >= 11 is 3.27. The molecule has 0 aliphatic carbocycles. The van der Waals surface area contributed by atoms with E-state index >= 15 is 0 Å². The molecule has 0 radical (unpaired) electrons. The van der Waals surface area contributed by atoms with Gasteiger partial charge in [0.25, 0.3) is 10.0 Å². The van der Waals surface area contributed by atoms with Crippen LogP contribution in [-0.4, -0.2) is 14.1 Å². The van der Waals surface area contributed by atoms with Gasteiger partial charge >= 0.3 is 0 Å². The van der Waals surface area contributed by atoms with Gasteiger partial charge in [0.05, 0.1) is 10.6 Å². The number of rotatable bonds is 5. The second kappa shape index (κ2) is 6.87. The van der Waals surface area contributed by atoms with E-state index in [0.29, 0.717) is 12.1 Å². The van der Waals surface area contributed by atoms with Crippen LogP contribution in [0.15, 0.2) is 69.1 Å². The van der Waals surface area contributed by atoms with Crippen molar-refractivity contribution in [1.82, 2.24) is 4.83 Å². The second-order valence-corrected chi connectivity index (χ2v) is 6.90. The van der Waals surface area contributed by atoms with Crippen molar-refractivity contribution in [3.05, 3.63) is 64.6 Å². The van der Waals surface area contributed by atoms with Crippen LogP contribution in [-0.2, 0) is 10.0 Å². The number of benzene rings is 2. The molecule has 0 saturated carbocycles. The minimum Gasteiger partial charge on any atom is -0.200 e. The molecule has 1 N–H and O–H groups in total. The van der Waals surface area contributed by atoms with Gasteiger partial charge in [-0.25, -0.2) is 0 Å². The molecule has 2 aromatic rings. The molecule has 110 valence electrons. The van der Waals surface area contributed by atoms with Crippen molar-refractivity contribution in [3.8, 4) is 0 Å². The van der Waals surface area contributed by atoms with Gasteiger partial charge in [-0.2, -0.15) is 18.4 Å². The van der Waals surface area contributed by atoms with E-state index in [1.165, 1.54) is 12.1 Å². The minimum atomic E-state index is -3.65. The maximum absolute atomic E-state index is 12.2. The molecule has 0 atom stereocenters. The fourth-order valence-corrected chi connectivity index (χ4v) is 2.85. The van der Waals surface area contributed by atoms with Crippen LogP contribution in [0.3, 0.4) is 0 Å². The zero-order valence-electron chi connectivity index (χ0n) is 11.5. The fourth-order valence-electron chi connectivity index (χ4n) is 1.76. The van der Waals surface area contributed by atoms with Gasteiger partial charge in [-0.3, -0.25) is 0 Å². The van der Waals surface area contributed by atoms with Crippen LogP contribution in [0.2, 0.25) is 0 Å². The van der Waals surface area contributed by atoms with Crippen LogP contribution < -0.4 is 4.83 Å². The van der Waals surface area contributed by atoms with Crippen molar-refractivity contribution in [1.29, 1.82) is 0 Å². The van der Waals surface area contributed by atoms with Crippen molar-refractivity contribution in [2.45, 2.75) is 18.2 Å². The SMILES string of the molecule is CC/C(=N\NS(=O)(=O)c1ccc(Br)cc1)c1ccccc1. The average Bonchev–Trinajstić information content (AvgIpc) is 2.49. The molecule has 0 bridgehead atoms. The van der Waals surface area contributed by atoms with Crippen LogP contribution in [0.25, 0.3) is 0 Å². The Labute approximate surface area is 133 Å². The fraction of sp³-hybridized carbons (Fsp3) is 0.133. The number of nitrogens with zero attached hydrogens (tertiary/aromatic N) is 1. The maximum atomic E-state index is 12.2. The molecular weight excluding hydrogens is 352 g/mol. The number of hydrogen-bond donors (Lipinski definition) is 1. The van der Waals surface area contributed by atoms with Gasteiger partial charge < -0.3 is 0 Å². The van der Waals surface area contributed by atoms with Gasteiger partial charge in [-0.05, 0) is 36.2 Å². The van der Waals surface area contributed by atoms with Crippen LogP contribution in [0.5, 0.6) is 0 Å². The van der Waals surface area contributed by atoms with E-state index in [1.807, 2.05) is 37.3 Å². The molecule has 2 rings (SSSR count). The standard InChI is InChI=1S/C15H15BrN2O2S/c1-2-15(12-6-4-3-5-7-12)17-18-21(19,20)14-10-8-13(16)9-11-14/h3-11,18H,2H2,1H3/b17-15+. The van der Waals surface area contributed by atoms with Gasteiger partial charge in [0.1, 0.15) is 0 Å². The summed E-state index contributed by atoms with van der Waals surface area (Å²) in [7, 11) is -3.65. The summed E-state index contributed by atoms with van der Waals surface area (Å²) in [4.78, 5) is 2.47. The highest BCUT2D eigenvalue weighted by Gasteiger charge is 2.13. The zero-order chi connectivity index (χ0) is 15.3. The zero-order valence-corrected chi connectivity index (χ0v) is 13.9. The number of nitrogens with one attached hydrogen (secondary N) is 1. The van der Waals surface area contributed by atoms with E-state index in [4.69, 9.17) is 0 Å². The Hall–Kier alpha value is -1.66. The summed E-state index contributed by atoms with van der Waals surface area (Å²) in [6.45, 7) is 1.93. The molecule has 21 heavy (non-hydrogen) atoms. The molecule has 0 amide bonds. The second-order valence-electron chi connectivity index (χ2n) is 4.33. The third-order valence-corrected chi connectivity index (χ3v) is 4.62. The Bertz CT molecular complexity index is 726. The quantitative estimate of drug-likeness (QED) is 0.649. The molecule has 0 aliphatic heterocycles. The minimum absolute atomic E-state index is 0.179. The van der Waals surface area contributed by atoms with Crippen LogP contribution in [0.4, 0.5) is 0 Å². The monoisotopic (exact) mass is 366 g/mol. The summed E-state index contributed by atoms with van der Waals surface area (Å²) in [5.74, 6) is 0. The average molecular weight is 367 g/mol. The first-order valence-corrected chi connectivity index (χ1v) is 8.70. The number of halogens is 1. The van der Waals surface area contributed by atoms with Crippen molar-refractivity contribution >= 4 is 31.7 Å². The van der Waals surface area contributed by atoms with Crippen LogP contribution >= 0.6 is 15.9 Å². The number of sulfonamides is 1. The van der Waals surface area contributed by atoms with E-state index < -0.39 is 10.0 Å². The topological polar surface area (TPSA) is 58.5 Å². The molecule has 4 nitrogen and oxygen atoms in total. The normalized spacial score (nSPS) is 12.2. The molecule has 0 heterocycles. The summed E-state index contributed by atoms with van der Waals surface area (Å²) in [5, 5.41) is 4.05. The largest absolute Gasteiger partial charge is 0.276 e. The van der Waals surface area contributed by atoms with Crippen LogP contribution in [0.1, 0.15) is 18.9 Å². The Morgan fingerprint density at radius 3 is 2.29 bits per heavy atom. The molecule has 0 saturated heterocycles. The summed E-state index contributed by atoms with van der Waals surface area (Å²) < 4.78 is 25.1. The molecule has 0 fully saturated rings. The Kier molecular flexibility index (Phi) is 5.14. The lowest BCUT2D eigenvalue weighted by atomic mass is 10.1. The van der Waals surface area contributed by atoms with Crippen LogP contribution in [0, 0.1) is 0 Å². The van der Waals surface area contributed by atoms with Gasteiger partial charge in [-0.15, -0.1) is 0 Å². The third-order valence-electron chi connectivity index (χ3n) is 2.87. The highest BCUT2D eigenvalue weighted by Crippen LogP contribution is 2.14. The van der Waals surface area contributed by atoms with E-state index in [1.54, 1.807) is 12.1 Å². The van der Waals surface area contributed by atoms with E-state index in [-0.39, 0.29) is 4.90 Å². The molecule has 2 aromatic carbocycles. The summed E-state index contributed by atoms with van der Waals surface area (Å²) in [5.41, 5.74) is 1.59. The summed E-state index contributed by atoms with van der Waals surface area (Å²) in [6, 6.07) is 15.9. The lowest BCUT2D eigenvalue weighted by molar-refractivity contribution is 0.584. The highest BCUT2D eigenvalue weighted by atomic mass is 79.9. The maximum Gasteiger partial charge on any atom is 0.276 e.